The molecule has 1 aromatic rings. The van der Waals surface area contributed by atoms with Gasteiger partial charge in [-0.05, 0) is 43.4 Å². The quantitative estimate of drug-likeness (QED) is 0.823. The molecule has 4 rings (SSSR count). The third kappa shape index (κ3) is 3.77. The molecule has 3 aliphatic heterocycles. The predicted molar refractivity (Wildman–Crippen MR) is 95.6 cm³/mol. The Morgan fingerprint density at radius 2 is 2.12 bits per heavy atom. The van der Waals surface area contributed by atoms with E-state index in [0.29, 0.717) is 39.5 Å². The van der Waals surface area contributed by atoms with Gasteiger partial charge >= 0.3 is 0 Å². The SMILES string of the molecule is Cc1ccncc1CO[C@@H]1CCOC2(C1)CN(C(=O)C1CCOCC1)C2. The predicted octanol–water partition coefficient (Wildman–Crippen LogP) is 2.09. The first-order valence-electron chi connectivity index (χ1n) is 9.67. The van der Waals surface area contributed by atoms with Gasteiger partial charge in [0.15, 0.2) is 0 Å². The summed E-state index contributed by atoms with van der Waals surface area (Å²) in [5, 5.41) is 0. The van der Waals surface area contributed by atoms with Gasteiger partial charge in [0.05, 0.1) is 25.8 Å². The highest BCUT2D eigenvalue weighted by Crippen LogP contribution is 2.37. The standard InChI is InChI=1S/C20H28N2O4/c1-15-2-6-21-11-17(15)12-25-18-5-9-26-20(10-18)13-22(14-20)19(23)16-3-7-24-8-4-16/h2,6,11,16,18H,3-5,7-10,12-14H2,1H3/t18-/m1/s1. The van der Waals surface area contributed by atoms with E-state index in [1.807, 2.05) is 17.2 Å². The van der Waals surface area contributed by atoms with Crippen LogP contribution in [0.2, 0.25) is 0 Å². The van der Waals surface area contributed by atoms with E-state index < -0.39 is 0 Å². The maximum absolute atomic E-state index is 12.6. The van der Waals surface area contributed by atoms with Crippen LogP contribution in [0.15, 0.2) is 18.5 Å². The van der Waals surface area contributed by atoms with Gasteiger partial charge in [0.1, 0.15) is 5.60 Å². The zero-order valence-electron chi connectivity index (χ0n) is 15.5. The summed E-state index contributed by atoms with van der Waals surface area (Å²) in [6.07, 6.45) is 7.34. The van der Waals surface area contributed by atoms with Gasteiger partial charge in [0.25, 0.3) is 0 Å². The number of hydrogen-bond donors (Lipinski definition) is 0. The molecular weight excluding hydrogens is 332 g/mol. The highest BCUT2D eigenvalue weighted by Gasteiger charge is 2.50. The minimum atomic E-state index is -0.201. The van der Waals surface area contributed by atoms with E-state index >= 15 is 0 Å². The first kappa shape index (κ1) is 17.9. The molecule has 4 heterocycles. The van der Waals surface area contributed by atoms with Gasteiger partial charge in [-0.2, -0.15) is 0 Å². The van der Waals surface area contributed by atoms with Crippen LogP contribution < -0.4 is 0 Å². The lowest BCUT2D eigenvalue weighted by Gasteiger charge is -2.53. The van der Waals surface area contributed by atoms with E-state index in [1.165, 1.54) is 5.56 Å². The number of likely N-dealkylation sites (tertiary alicyclic amines) is 1. The molecule has 0 aromatic carbocycles. The monoisotopic (exact) mass is 360 g/mol. The fourth-order valence-electron chi connectivity index (χ4n) is 4.21. The molecule has 3 saturated heterocycles. The second-order valence-electron chi connectivity index (χ2n) is 7.84. The molecule has 0 N–H and O–H groups in total. The maximum Gasteiger partial charge on any atom is 0.226 e. The normalized spacial score (nSPS) is 25.9. The largest absolute Gasteiger partial charge is 0.381 e. The van der Waals surface area contributed by atoms with Crippen molar-refractivity contribution in [2.24, 2.45) is 5.92 Å². The Hall–Kier alpha value is -1.50. The number of aryl methyl sites for hydroxylation is 1. The Bertz CT molecular complexity index is 638. The van der Waals surface area contributed by atoms with Crippen molar-refractivity contribution in [3.05, 3.63) is 29.6 Å². The van der Waals surface area contributed by atoms with Crippen molar-refractivity contribution in [2.45, 2.75) is 50.9 Å². The average Bonchev–Trinajstić information content (AvgIpc) is 2.66. The fraction of sp³-hybridized carbons (Fsp3) is 0.700. The van der Waals surface area contributed by atoms with Crippen molar-refractivity contribution in [1.82, 2.24) is 9.88 Å². The summed E-state index contributed by atoms with van der Waals surface area (Å²) in [5.41, 5.74) is 2.14. The Morgan fingerprint density at radius 1 is 1.31 bits per heavy atom. The van der Waals surface area contributed by atoms with Crippen LogP contribution in [0.4, 0.5) is 0 Å². The fourth-order valence-corrected chi connectivity index (χ4v) is 4.21. The van der Waals surface area contributed by atoms with Crippen molar-refractivity contribution < 1.29 is 19.0 Å². The molecule has 1 aromatic heterocycles. The van der Waals surface area contributed by atoms with Gasteiger partial charge in [-0.25, -0.2) is 0 Å². The van der Waals surface area contributed by atoms with E-state index in [-0.39, 0.29) is 23.5 Å². The lowest BCUT2D eigenvalue weighted by molar-refractivity contribution is -0.205. The minimum Gasteiger partial charge on any atom is -0.381 e. The van der Waals surface area contributed by atoms with Crippen LogP contribution in [0.3, 0.4) is 0 Å². The van der Waals surface area contributed by atoms with Crippen LogP contribution in [-0.4, -0.2) is 60.4 Å². The van der Waals surface area contributed by atoms with Crippen molar-refractivity contribution in [3.63, 3.8) is 0 Å². The number of ether oxygens (including phenoxy) is 3. The molecule has 0 unspecified atom stereocenters. The minimum absolute atomic E-state index is 0.130. The molecule has 3 fully saturated rings. The molecule has 0 bridgehead atoms. The molecular formula is C20H28N2O4. The third-order valence-electron chi connectivity index (χ3n) is 5.91. The lowest BCUT2D eigenvalue weighted by atomic mass is 9.83. The number of pyridine rings is 1. The second kappa shape index (κ2) is 7.62. The van der Waals surface area contributed by atoms with Crippen LogP contribution in [-0.2, 0) is 25.6 Å². The van der Waals surface area contributed by atoms with E-state index in [4.69, 9.17) is 14.2 Å². The van der Waals surface area contributed by atoms with E-state index in [9.17, 15) is 4.79 Å². The summed E-state index contributed by atoms with van der Waals surface area (Å²) in [5.74, 6) is 0.404. The molecule has 3 aliphatic rings. The van der Waals surface area contributed by atoms with Crippen LogP contribution >= 0.6 is 0 Å². The Kier molecular flexibility index (Phi) is 5.25. The van der Waals surface area contributed by atoms with Crippen molar-refractivity contribution in [3.8, 4) is 0 Å². The zero-order valence-corrected chi connectivity index (χ0v) is 15.5. The Balaban J connectivity index is 1.28. The molecule has 142 valence electrons. The van der Waals surface area contributed by atoms with Gasteiger partial charge in [-0.1, -0.05) is 0 Å². The highest BCUT2D eigenvalue weighted by atomic mass is 16.5. The molecule has 0 saturated carbocycles. The smallest absolute Gasteiger partial charge is 0.226 e. The van der Waals surface area contributed by atoms with E-state index in [0.717, 1.165) is 31.2 Å². The van der Waals surface area contributed by atoms with Crippen molar-refractivity contribution in [2.75, 3.05) is 32.9 Å². The number of rotatable bonds is 4. The van der Waals surface area contributed by atoms with Gasteiger partial charge in [0, 0.05) is 44.6 Å². The first-order chi connectivity index (χ1) is 12.7. The summed E-state index contributed by atoms with van der Waals surface area (Å²) in [7, 11) is 0. The zero-order chi connectivity index (χ0) is 18.0. The number of amides is 1. The number of carbonyl (C=O) groups excluding carboxylic acids is 1. The third-order valence-corrected chi connectivity index (χ3v) is 5.91. The summed E-state index contributed by atoms with van der Waals surface area (Å²) in [4.78, 5) is 18.8. The van der Waals surface area contributed by atoms with Crippen molar-refractivity contribution in [1.29, 1.82) is 0 Å². The number of hydrogen-bond acceptors (Lipinski definition) is 5. The summed E-state index contributed by atoms with van der Waals surface area (Å²) in [6, 6.07) is 2.01. The molecule has 1 spiro atoms. The van der Waals surface area contributed by atoms with Crippen LogP contribution in [0.5, 0.6) is 0 Å². The summed E-state index contributed by atoms with van der Waals surface area (Å²) >= 11 is 0. The molecule has 1 atom stereocenters. The van der Waals surface area contributed by atoms with Crippen LogP contribution in [0.25, 0.3) is 0 Å². The van der Waals surface area contributed by atoms with Gasteiger partial charge in [-0.3, -0.25) is 9.78 Å². The number of nitrogens with zero attached hydrogens (tertiary/aromatic N) is 2. The molecule has 26 heavy (non-hydrogen) atoms. The van der Waals surface area contributed by atoms with Crippen LogP contribution in [0.1, 0.15) is 36.8 Å². The Labute approximate surface area is 154 Å². The lowest BCUT2D eigenvalue weighted by Crippen LogP contribution is -2.68. The van der Waals surface area contributed by atoms with Gasteiger partial charge < -0.3 is 19.1 Å². The van der Waals surface area contributed by atoms with Crippen LogP contribution in [0, 0.1) is 12.8 Å². The molecule has 0 radical (unpaired) electrons. The molecule has 0 aliphatic carbocycles. The topological polar surface area (TPSA) is 60.9 Å². The van der Waals surface area contributed by atoms with Gasteiger partial charge in [-0.15, -0.1) is 0 Å². The summed E-state index contributed by atoms with van der Waals surface area (Å²) in [6.45, 7) is 6.19. The second-order valence-corrected chi connectivity index (χ2v) is 7.84. The Morgan fingerprint density at radius 3 is 2.88 bits per heavy atom. The molecule has 1 amide bonds. The number of carbonyl (C=O) groups is 1. The molecule has 6 nitrogen and oxygen atoms in total. The van der Waals surface area contributed by atoms with E-state index in [2.05, 4.69) is 11.9 Å². The summed E-state index contributed by atoms with van der Waals surface area (Å²) < 4.78 is 17.6. The number of aromatic nitrogens is 1. The van der Waals surface area contributed by atoms with Crippen molar-refractivity contribution >= 4 is 5.91 Å². The highest BCUT2D eigenvalue weighted by molar-refractivity contribution is 5.80. The molecule has 6 heteroatoms. The van der Waals surface area contributed by atoms with Gasteiger partial charge in [0.2, 0.25) is 5.91 Å². The maximum atomic E-state index is 12.6. The van der Waals surface area contributed by atoms with E-state index in [1.54, 1.807) is 6.20 Å². The average molecular weight is 360 g/mol. The first-order valence-corrected chi connectivity index (χ1v) is 9.67.